The predicted molar refractivity (Wildman–Crippen MR) is 102 cm³/mol. The summed E-state index contributed by atoms with van der Waals surface area (Å²) in [4.78, 5) is 25.3. The normalized spacial score (nSPS) is 13.5. The number of likely N-dealkylation sites (N-methyl/N-ethyl adjacent to an activating group) is 1. The fourth-order valence-corrected chi connectivity index (χ4v) is 3.49. The van der Waals surface area contributed by atoms with Crippen molar-refractivity contribution in [2.24, 2.45) is 0 Å². The number of hydrogen-bond donors (Lipinski definition) is 0. The third-order valence-corrected chi connectivity index (χ3v) is 4.85. The molecule has 1 atom stereocenters. The summed E-state index contributed by atoms with van der Waals surface area (Å²) in [5, 5.41) is -0.705. The molecule has 1 unspecified atom stereocenters. The molecule has 1 amide bonds. The second-order valence-electron chi connectivity index (χ2n) is 6.31. The number of benzene rings is 2. The van der Waals surface area contributed by atoms with Gasteiger partial charge in [-0.25, -0.2) is 4.79 Å². The van der Waals surface area contributed by atoms with Gasteiger partial charge in [-0.1, -0.05) is 54.6 Å². The van der Waals surface area contributed by atoms with Crippen molar-refractivity contribution in [2.45, 2.75) is 18.4 Å². The van der Waals surface area contributed by atoms with Crippen molar-refractivity contribution in [3.8, 4) is 11.1 Å². The molecule has 0 aromatic heterocycles. The first-order valence-corrected chi connectivity index (χ1v) is 8.81. The Hall–Kier alpha value is -2.59. The molecule has 3 rings (SSSR count). The van der Waals surface area contributed by atoms with Crippen molar-refractivity contribution in [3.05, 3.63) is 72.3 Å². The SMILES string of the molecule is C=CCC(OC(=O)N(C)CC1c2ccccc2-c2ccccc21)C(=O)Cl. The Kier molecular flexibility index (Phi) is 5.43. The number of carbonyl (C=O) groups excluding carboxylic acids is 2. The lowest BCUT2D eigenvalue weighted by Crippen LogP contribution is -2.35. The van der Waals surface area contributed by atoms with Crippen molar-refractivity contribution in [1.29, 1.82) is 0 Å². The maximum atomic E-state index is 12.4. The van der Waals surface area contributed by atoms with Gasteiger partial charge >= 0.3 is 6.09 Å². The minimum atomic E-state index is -1.01. The molecule has 0 bridgehead atoms. The first-order valence-electron chi connectivity index (χ1n) is 8.43. The van der Waals surface area contributed by atoms with Crippen LogP contribution in [0.25, 0.3) is 11.1 Å². The standard InChI is InChI=1S/C21H20ClNO3/c1-3-8-19(20(22)24)26-21(25)23(2)13-18-16-11-6-4-9-14(16)15-10-5-7-12-17(15)18/h3-7,9-12,18-19H,1,8,13H2,2H3. The summed E-state index contributed by atoms with van der Waals surface area (Å²) in [7, 11) is 1.66. The van der Waals surface area contributed by atoms with E-state index in [0.717, 1.165) is 0 Å². The summed E-state index contributed by atoms with van der Waals surface area (Å²) in [5.41, 5.74) is 4.75. The Morgan fingerprint density at radius 2 is 1.69 bits per heavy atom. The molecule has 0 aliphatic heterocycles. The van der Waals surface area contributed by atoms with Crippen LogP contribution in [0, 0.1) is 0 Å². The molecule has 0 radical (unpaired) electrons. The molecule has 0 saturated carbocycles. The third kappa shape index (κ3) is 3.51. The molecular weight excluding hydrogens is 350 g/mol. The zero-order chi connectivity index (χ0) is 18.7. The highest BCUT2D eigenvalue weighted by molar-refractivity contribution is 6.64. The fraction of sp³-hybridized carbons (Fsp3) is 0.238. The minimum Gasteiger partial charge on any atom is -0.436 e. The monoisotopic (exact) mass is 369 g/mol. The quantitative estimate of drug-likeness (QED) is 0.553. The summed E-state index contributed by atoms with van der Waals surface area (Å²) in [6, 6.07) is 16.4. The Labute approximate surface area is 158 Å². The van der Waals surface area contributed by atoms with Crippen LogP contribution in [0.15, 0.2) is 61.2 Å². The van der Waals surface area contributed by atoms with Crippen LogP contribution in [-0.2, 0) is 9.53 Å². The van der Waals surface area contributed by atoms with Gasteiger partial charge in [0.15, 0.2) is 6.10 Å². The Morgan fingerprint density at radius 3 is 2.19 bits per heavy atom. The van der Waals surface area contributed by atoms with Crippen LogP contribution in [0.5, 0.6) is 0 Å². The van der Waals surface area contributed by atoms with Crippen molar-refractivity contribution in [3.63, 3.8) is 0 Å². The van der Waals surface area contributed by atoms with Crippen LogP contribution < -0.4 is 0 Å². The average molecular weight is 370 g/mol. The number of amides is 1. The van der Waals surface area contributed by atoms with Gasteiger partial charge in [-0.2, -0.15) is 0 Å². The Bertz CT molecular complexity index is 803. The summed E-state index contributed by atoms with van der Waals surface area (Å²) >= 11 is 5.49. The van der Waals surface area contributed by atoms with Crippen LogP contribution in [0.2, 0.25) is 0 Å². The van der Waals surface area contributed by atoms with E-state index in [1.54, 1.807) is 7.05 Å². The first kappa shape index (κ1) is 18.2. The van der Waals surface area contributed by atoms with E-state index >= 15 is 0 Å². The van der Waals surface area contributed by atoms with Crippen molar-refractivity contribution in [2.75, 3.05) is 13.6 Å². The second-order valence-corrected chi connectivity index (χ2v) is 6.68. The largest absolute Gasteiger partial charge is 0.436 e. The van der Waals surface area contributed by atoms with E-state index in [-0.39, 0.29) is 12.3 Å². The molecule has 0 spiro atoms. The number of halogens is 1. The smallest absolute Gasteiger partial charge is 0.410 e. The van der Waals surface area contributed by atoms with Crippen LogP contribution in [0.4, 0.5) is 4.79 Å². The highest BCUT2D eigenvalue weighted by Gasteiger charge is 2.31. The molecule has 134 valence electrons. The molecule has 26 heavy (non-hydrogen) atoms. The van der Waals surface area contributed by atoms with Gasteiger partial charge in [-0.15, -0.1) is 6.58 Å². The van der Waals surface area contributed by atoms with E-state index in [2.05, 4.69) is 30.8 Å². The van der Waals surface area contributed by atoms with E-state index in [1.165, 1.54) is 33.2 Å². The fourth-order valence-electron chi connectivity index (χ4n) is 3.36. The molecule has 5 heteroatoms. The predicted octanol–water partition coefficient (Wildman–Crippen LogP) is 4.58. The molecule has 2 aromatic rings. The maximum absolute atomic E-state index is 12.4. The lowest BCUT2D eigenvalue weighted by Gasteiger charge is -2.24. The second kappa shape index (κ2) is 7.75. The molecule has 2 aromatic carbocycles. The summed E-state index contributed by atoms with van der Waals surface area (Å²) in [6.07, 6.45) is 0.110. The van der Waals surface area contributed by atoms with Gasteiger partial charge in [0.25, 0.3) is 5.24 Å². The van der Waals surface area contributed by atoms with E-state index in [0.29, 0.717) is 6.54 Å². The first-order chi connectivity index (χ1) is 12.5. The van der Waals surface area contributed by atoms with E-state index < -0.39 is 17.4 Å². The van der Waals surface area contributed by atoms with Crippen molar-refractivity contribution in [1.82, 2.24) is 4.90 Å². The van der Waals surface area contributed by atoms with Crippen LogP contribution in [0.1, 0.15) is 23.5 Å². The lowest BCUT2D eigenvalue weighted by atomic mass is 9.96. The number of ether oxygens (including phenoxy) is 1. The van der Waals surface area contributed by atoms with Gasteiger partial charge in [0.05, 0.1) is 0 Å². The van der Waals surface area contributed by atoms with Crippen LogP contribution >= 0.6 is 11.6 Å². The van der Waals surface area contributed by atoms with E-state index in [9.17, 15) is 9.59 Å². The van der Waals surface area contributed by atoms with E-state index in [1.807, 2.05) is 24.3 Å². The highest BCUT2D eigenvalue weighted by Crippen LogP contribution is 2.44. The summed E-state index contributed by atoms with van der Waals surface area (Å²) in [5.74, 6) is 0.0597. The third-order valence-electron chi connectivity index (χ3n) is 4.61. The van der Waals surface area contributed by atoms with Crippen LogP contribution in [0.3, 0.4) is 0 Å². The van der Waals surface area contributed by atoms with E-state index in [4.69, 9.17) is 16.3 Å². The molecule has 4 nitrogen and oxygen atoms in total. The zero-order valence-electron chi connectivity index (χ0n) is 14.5. The number of rotatable bonds is 6. The zero-order valence-corrected chi connectivity index (χ0v) is 15.3. The number of nitrogens with zero attached hydrogens (tertiary/aromatic N) is 1. The molecule has 1 aliphatic carbocycles. The molecule has 0 heterocycles. The van der Waals surface area contributed by atoms with Crippen molar-refractivity contribution < 1.29 is 14.3 Å². The number of fused-ring (bicyclic) bond motifs is 3. The molecule has 0 N–H and O–H groups in total. The number of carbonyl (C=O) groups is 2. The van der Waals surface area contributed by atoms with Crippen molar-refractivity contribution >= 4 is 22.9 Å². The van der Waals surface area contributed by atoms with Gasteiger partial charge in [-0.05, 0) is 33.9 Å². The minimum absolute atomic E-state index is 0.0597. The van der Waals surface area contributed by atoms with Gasteiger partial charge < -0.3 is 9.64 Å². The van der Waals surface area contributed by atoms with Gasteiger partial charge in [0.2, 0.25) is 0 Å². The Morgan fingerprint density at radius 1 is 1.15 bits per heavy atom. The highest BCUT2D eigenvalue weighted by atomic mass is 35.5. The Balaban J connectivity index is 1.79. The van der Waals surface area contributed by atoms with Gasteiger partial charge in [0.1, 0.15) is 0 Å². The summed E-state index contributed by atoms with van der Waals surface area (Å²) in [6.45, 7) is 4.00. The lowest BCUT2D eigenvalue weighted by molar-refractivity contribution is -0.119. The molecule has 1 aliphatic rings. The van der Waals surface area contributed by atoms with Gasteiger partial charge in [-0.3, -0.25) is 4.79 Å². The molecule has 0 fully saturated rings. The number of hydrogen-bond acceptors (Lipinski definition) is 3. The average Bonchev–Trinajstić information content (AvgIpc) is 2.95. The molecule has 0 saturated heterocycles. The summed E-state index contributed by atoms with van der Waals surface area (Å²) < 4.78 is 5.23. The van der Waals surface area contributed by atoms with Crippen LogP contribution in [-0.4, -0.2) is 35.9 Å². The maximum Gasteiger partial charge on any atom is 0.410 e. The topological polar surface area (TPSA) is 46.6 Å². The molecular formula is C21H20ClNO3. The van der Waals surface area contributed by atoms with Gasteiger partial charge in [0, 0.05) is 25.9 Å².